The number of aromatic nitrogens is 2. The van der Waals surface area contributed by atoms with Crippen LogP contribution >= 0.6 is 0 Å². The third-order valence-corrected chi connectivity index (χ3v) is 7.87. The molecule has 34 heavy (non-hydrogen) atoms. The Balaban J connectivity index is 1.64. The molecule has 1 saturated heterocycles. The van der Waals surface area contributed by atoms with Crippen LogP contribution in [0, 0.1) is 5.41 Å². The Labute approximate surface area is 198 Å². The highest BCUT2D eigenvalue weighted by molar-refractivity contribution is 7.89. The van der Waals surface area contributed by atoms with E-state index < -0.39 is 16.0 Å². The summed E-state index contributed by atoms with van der Waals surface area (Å²) in [6, 6.07) is 4.08. The number of hydrogen-bond acceptors (Lipinski definition) is 6. The Morgan fingerprint density at radius 3 is 2.71 bits per heavy atom. The molecule has 11 heteroatoms. The van der Waals surface area contributed by atoms with E-state index in [0.29, 0.717) is 51.1 Å². The van der Waals surface area contributed by atoms with Crippen LogP contribution in [0.1, 0.15) is 63.9 Å². The molecule has 3 heterocycles. The van der Waals surface area contributed by atoms with Crippen molar-refractivity contribution in [3.8, 4) is 0 Å². The summed E-state index contributed by atoms with van der Waals surface area (Å²) in [6.45, 7) is 4.28. The van der Waals surface area contributed by atoms with Crippen molar-refractivity contribution in [3.63, 3.8) is 0 Å². The minimum Gasteiger partial charge on any atom is -0.478 e. The third kappa shape index (κ3) is 4.73. The van der Waals surface area contributed by atoms with Gasteiger partial charge in [0.05, 0.1) is 27.4 Å². The minimum absolute atomic E-state index is 0.0828. The van der Waals surface area contributed by atoms with Crippen LogP contribution in [0.15, 0.2) is 23.1 Å². The van der Waals surface area contributed by atoms with Crippen LogP contribution in [0.5, 0.6) is 0 Å². The minimum atomic E-state index is -4.08. The number of rotatable bonds is 7. The Morgan fingerprint density at radius 2 is 2.06 bits per heavy atom. The molecule has 0 aliphatic carbocycles. The summed E-state index contributed by atoms with van der Waals surface area (Å²) in [5.74, 6) is -1.32. The summed E-state index contributed by atoms with van der Waals surface area (Å²) >= 11 is 0. The van der Waals surface area contributed by atoms with Gasteiger partial charge in [-0.3, -0.25) is 9.48 Å². The number of aryl methyl sites for hydroxylation is 2. The SMILES string of the molecule is CCc1nn(CCCc2c(C(=O)O)cccc2S(N)(=O)=O)c2c1C(=O)NCC1(CCOCC1)C2. The average Bonchev–Trinajstić information content (AvgIpc) is 3.07. The van der Waals surface area contributed by atoms with Crippen LogP contribution in [0.2, 0.25) is 0 Å². The number of fused-ring (bicyclic) bond motifs is 1. The standard InChI is InChI=1S/C23H30N4O6S/c1-2-17-20-18(13-23(14-25-21(20)28)8-11-33-12-9-23)27(26-17)10-4-6-15-16(22(29)30)5-3-7-19(15)34(24,31)32/h3,5,7H,2,4,6,8-14H2,1H3,(H,25,28)(H,29,30)(H2,24,31,32). The van der Waals surface area contributed by atoms with Crippen LogP contribution in [0.4, 0.5) is 0 Å². The second-order valence-corrected chi connectivity index (χ2v) is 10.6. The summed E-state index contributed by atoms with van der Waals surface area (Å²) in [5.41, 5.74) is 2.26. The number of sulfonamides is 1. The maximum Gasteiger partial charge on any atom is 0.336 e. The molecule has 2 aliphatic heterocycles. The second-order valence-electron chi connectivity index (χ2n) is 9.05. The molecule has 0 unspecified atom stereocenters. The molecule has 0 radical (unpaired) electrons. The normalized spacial score (nSPS) is 17.8. The van der Waals surface area contributed by atoms with E-state index in [-0.39, 0.29) is 33.8 Å². The first-order valence-electron chi connectivity index (χ1n) is 11.5. The van der Waals surface area contributed by atoms with Gasteiger partial charge in [0, 0.05) is 26.3 Å². The lowest BCUT2D eigenvalue weighted by atomic mass is 9.76. The summed E-state index contributed by atoms with van der Waals surface area (Å²) < 4.78 is 31.5. The van der Waals surface area contributed by atoms with Crippen molar-refractivity contribution in [2.45, 2.75) is 56.9 Å². The van der Waals surface area contributed by atoms with E-state index in [1.807, 2.05) is 11.6 Å². The molecule has 2 aliphatic rings. The molecule has 1 aromatic heterocycles. The van der Waals surface area contributed by atoms with E-state index in [0.717, 1.165) is 24.2 Å². The fraction of sp³-hybridized carbons (Fsp3) is 0.522. The molecule has 4 rings (SSSR count). The van der Waals surface area contributed by atoms with Gasteiger partial charge in [-0.25, -0.2) is 18.4 Å². The number of benzene rings is 1. The van der Waals surface area contributed by atoms with Crippen molar-refractivity contribution in [1.29, 1.82) is 0 Å². The lowest BCUT2D eigenvalue weighted by molar-refractivity contribution is 0.0152. The Kier molecular flexibility index (Phi) is 6.79. The third-order valence-electron chi connectivity index (χ3n) is 6.88. The molecule has 1 spiro atoms. The number of nitrogens with two attached hydrogens (primary N) is 1. The fourth-order valence-electron chi connectivity index (χ4n) is 5.05. The van der Waals surface area contributed by atoms with Crippen molar-refractivity contribution >= 4 is 21.9 Å². The molecule has 10 nitrogen and oxygen atoms in total. The Bertz CT molecular complexity index is 1210. The first kappa shape index (κ1) is 24.4. The van der Waals surface area contributed by atoms with Gasteiger partial charge >= 0.3 is 5.97 Å². The molecule has 4 N–H and O–H groups in total. The van der Waals surface area contributed by atoms with E-state index in [9.17, 15) is 23.1 Å². The highest BCUT2D eigenvalue weighted by atomic mass is 32.2. The number of amides is 1. The first-order chi connectivity index (χ1) is 16.1. The van der Waals surface area contributed by atoms with Gasteiger partial charge in [-0.1, -0.05) is 13.0 Å². The number of carbonyl (C=O) groups is 2. The molecule has 2 aromatic rings. The molecule has 0 atom stereocenters. The van der Waals surface area contributed by atoms with E-state index in [2.05, 4.69) is 5.32 Å². The Hall–Kier alpha value is -2.76. The van der Waals surface area contributed by atoms with Gasteiger partial charge in [-0.2, -0.15) is 5.10 Å². The van der Waals surface area contributed by atoms with Crippen LogP contribution in [0.25, 0.3) is 0 Å². The maximum absolute atomic E-state index is 13.0. The summed E-state index contributed by atoms with van der Waals surface area (Å²) in [5, 5.41) is 22.7. The number of ether oxygens (including phenoxy) is 1. The van der Waals surface area contributed by atoms with E-state index >= 15 is 0 Å². The monoisotopic (exact) mass is 490 g/mol. The van der Waals surface area contributed by atoms with Gasteiger partial charge in [0.1, 0.15) is 0 Å². The van der Waals surface area contributed by atoms with Crippen LogP contribution in [-0.4, -0.2) is 54.9 Å². The zero-order valence-corrected chi connectivity index (χ0v) is 20.0. The zero-order chi connectivity index (χ0) is 24.5. The van der Waals surface area contributed by atoms with E-state index in [1.54, 1.807) is 0 Å². The van der Waals surface area contributed by atoms with Crippen molar-refractivity contribution in [1.82, 2.24) is 15.1 Å². The van der Waals surface area contributed by atoms with E-state index in [4.69, 9.17) is 15.0 Å². The molecule has 0 bridgehead atoms. The number of primary sulfonamides is 1. The molecular weight excluding hydrogens is 460 g/mol. The van der Waals surface area contributed by atoms with Gasteiger partial charge in [0.2, 0.25) is 10.0 Å². The lowest BCUT2D eigenvalue weighted by Crippen LogP contribution is -2.40. The Morgan fingerprint density at radius 1 is 1.32 bits per heavy atom. The lowest BCUT2D eigenvalue weighted by Gasteiger charge is -2.36. The summed E-state index contributed by atoms with van der Waals surface area (Å²) in [4.78, 5) is 24.5. The molecule has 1 fully saturated rings. The largest absolute Gasteiger partial charge is 0.478 e. The van der Waals surface area contributed by atoms with Crippen molar-refractivity contribution in [3.05, 3.63) is 46.3 Å². The molecular formula is C23H30N4O6S. The highest BCUT2D eigenvalue weighted by Crippen LogP contribution is 2.37. The predicted octanol–water partition coefficient (Wildman–Crippen LogP) is 1.51. The van der Waals surface area contributed by atoms with Crippen molar-refractivity contribution in [2.24, 2.45) is 10.6 Å². The molecule has 0 saturated carbocycles. The molecule has 1 aromatic carbocycles. The summed E-state index contributed by atoms with van der Waals surface area (Å²) in [7, 11) is -4.08. The molecule has 1 amide bonds. The van der Waals surface area contributed by atoms with Crippen molar-refractivity contribution in [2.75, 3.05) is 19.8 Å². The number of nitrogens with one attached hydrogen (secondary N) is 1. The quantitative estimate of drug-likeness (QED) is 0.531. The number of carboxylic acid groups (broad SMARTS) is 1. The highest BCUT2D eigenvalue weighted by Gasteiger charge is 2.39. The van der Waals surface area contributed by atoms with Gasteiger partial charge in [-0.15, -0.1) is 0 Å². The number of carbonyl (C=O) groups excluding carboxylic acids is 1. The molecule has 184 valence electrons. The van der Waals surface area contributed by atoms with Gasteiger partial charge in [0.15, 0.2) is 0 Å². The first-order valence-corrected chi connectivity index (χ1v) is 13.0. The summed E-state index contributed by atoms with van der Waals surface area (Å²) in [6.07, 6.45) is 3.63. The van der Waals surface area contributed by atoms with Gasteiger partial charge < -0.3 is 15.2 Å². The number of nitrogens with zero attached hydrogens (tertiary/aromatic N) is 2. The predicted molar refractivity (Wildman–Crippen MR) is 123 cm³/mol. The number of aromatic carboxylic acids is 1. The van der Waals surface area contributed by atoms with Crippen LogP contribution in [0.3, 0.4) is 0 Å². The topological polar surface area (TPSA) is 154 Å². The van der Waals surface area contributed by atoms with Gasteiger partial charge in [0.25, 0.3) is 5.91 Å². The van der Waals surface area contributed by atoms with Crippen molar-refractivity contribution < 1.29 is 27.9 Å². The maximum atomic E-state index is 13.0. The zero-order valence-electron chi connectivity index (χ0n) is 19.2. The smallest absolute Gasteiger partial charge is 0.336 e. The van der Waals surface area contributed by atoms with Gasteiger partial charge in [-0.05, 0) is 61.6 Å². The fourth-order valence-corrected chi connectivity index (χ4v) is 5.88. The van der Waals surface area contributed by atoms with E-state index in [1.165, 1.54) is 18.2 Å². The number of hydrogen-bond donors (Lipinski definition) is 3. The number of carboxylic acids is 1. The second kappa shape index (κ2) is 9.47. The average molecular weight is 491 g/mol. The van der Waals surface area contributed by atoms with Crippen LogP contribution < -0.4 is 10.5 Å². The van der Waals surface area contributed by atoms with Crippen LogP contribution in [-0.2, 0) is 40.6 Å².